The Balaban J connectivity index is 1.67. The Hall–Kier alpha value is -3.15. The van der Waals surface area contributed by atoms with E-state index in [-0.39, 0.29) is 18.4 Å². The summed E-state index contributed by atoms with van der Waals surface area (Å²) < 4.78 is 28.9. The van der Waals surface area contributed by atoms with Gasteiger partial charge in [-0.1, -0.05) is 12.1 Å². The summed E-state index contributed by atoms with van der Waals surface area (Å²) in [6.07, 6.45) is 1.58. The zero-order valence-electron chi connectivity index (χ0n) is 11.8. The van der Waals surface area contributed by atoms with Crippen molar-refractivity contribution in [2.75, 3.05) is 6.79 Å². The average Bonchev–Trinajstić information content (AvgIpc) is 3.14. The quantitative estimate of drug-likeness (QED) is 0.632. The number of hydrogen-bond acceptors (Lipinski definition) is 5. The van der Waals surface area contributed by atoms with E-state index in [9.17, 15) is 9.18 Å². The van der Waals surface area contributed by atoms with Gasteiger partial charge in [0.05, 0.1) is 0 Å². The normalized spacial score (nSPS) is 17.3. The van der Waals surface area contributed by atoms with Gasteiger partial charge in [-0.25, -0.2) is 14.2 Å². The molecule has 0 aromatic heterocycles. The molecule has 5 nitrogen and oxygen atoms in total. The van der Waals surface area contributed by atoms with Gasteiger partial charge in [0.25, 0.3) is 0 Å². The lowest BCUT2D eigenvalue weighted by molar-refractivity contribution is -0.129. The van der Waals surface area contributed by atoms with Gasteiger partial charge in [0, 0.05) is 5.56 Å². The van der Waals surface area contributed by atoms with Crippen LogP contribution < -0.4 is 9.47 Å². The first-order valence-electron chi connectivity index (χ1n) is 6.87. The Labute approximate surface area is 130 Å². The second kappa shape index (κ2) is 5.24. The van der Waals surface area contributed by atoms with Crippen molar-refractivity contribution in [1.82, 2.24) is 0 Å². The molecule has 0 amide bonds. The van der Waals surface area contributed by atoms with Gasteiger partial charge in [-0.3, -0.25) is 0 Å². The number of cyclic esters (lactones) is 1. The summed E-state index contributed by atoms with van der Waals surface area (Å²) >= 11 is 0. The maximum atomic E-state index is 13.3. The molecule has 2 heterocycles. The molecule has 6 heteroatoms. The molecule has 0 aliphatic carbocycles. The first-order chi connectivity index (χ1) is 11.2. The Morgan fingerprint density at radius 2 is 1.96 bits per heavy atom. The van der Waals surface area contributed by atoms with Crippen LogP contribution in [0, 0.1) is 5.82 Å². The molecular formula is C17H10FNO4. The zero-order chi connectivity index (χ0) is 15.8. The first-order valence-corrected chi connectivity index (χ1v) is 6.87. The van der Waals surface area contributed by atoms with E-state index in [1.807, 2.05) is 0 Å². The van der Waals surface area contributed by atoms with Crippen LogP contribution in [0.25, 0.3) is 6.08 Å². The number of halogens is 1. The maximum absolute atomic E-state index is 13.3. The van der Waals surface area contributed by atoms with Crippen molar-refractivity contribution < 1.29 is 23.4 Å². The predicted molar refractivity (Wildman–Crippen MR) is 79.6 cm³/mol. The minimum Gasteiger partial charge on any atom is -0.454 e. The van der Waals surface area contributed by atoms with Crippen LogP contribution in [0.4, 0.5) is 4.39 Å². The van der Waals surface area contributed by atoms with Crippen molar-refractivity contribution in [1.29, 1.82) is 0 Å². The van der Waals surface area contributed by atoms with Crippen molar-refractivity contribution in [3.05, 3.63) is 65.1 Å². The van der Waals surface area contributed by atoms with Crippen LogP contribution in [-0.2, 0) is 9.53 Å². The lowest BCUT2D eigenvalue weighted by Gasteiger charge is -1.98. The third-order valence-electron chi connectivity index (χ3n) is 3.39. The van der Waals surface area contributed by atoms with Gasteiger partial charge in [0.15, 0.2) is 17.2 Å². The zero-order valence-corrected chi connectivity index (χ0v) is 11.8. The van der Waals surface area contributed by atoms with Crippen LogP contribution in [0.2, 0.25) is 0 Å². The minimum atomic E-state index is -0.582. The van der Waals surface area contributed by atoms with Crippen LogP contribution in [0.5, 0.6) is 11.5 Å². The van der Waals surface area contributed by atoms with Gasteiger partial charge >= 0.3 is 5.97 Å². The fourth-order valence-corrected chi connectivity index (χ4v) is 2.31. The summed E-state index contributed by atoms with van der Waals surface area (Å²) in [6, 6.07) is 11.0. The summed E-state index contributed by atoms with van der Waals surface area (Å²) in [5.41, 5.74) is 1.28. The summed E-state index contributed by atoms with van der Waals surface area (Å²) in [6.45, 7) is 0.180. The largest absolute Gasteiger partial charge is 0.454 e. The molecule has 0 saturated carbocycles. The number of carbonyl (C=O) groups excluding carboxylic acids is 1. The molecule has 23 heavy (non-hydrogen) atoms. The molecule has 0 unspecified atom stereocenters. The molecular weight excluding hydrogens is 301 g/mol. The van der Waals surface area contributed by atoms with Crippen LogP contribution in [0.3, 0.4) is 0 Å². The first kappa shape index (κ1) is 13.5. The Morgan fingerprint density at radius 1 is 1.09 bits per heavy atom. The predicted octanol–water partition coefficient (Wildman–Crippen LogP) is 2.90. The Kier molecular flexibility index (Phi) is 3.08. The van der Waals surface area contributed by atoms with Gasteiger partial charge in [-0.15, -0.1) is 0 Å². The fourth-order valence-electron chi connectivity index (χ4n) is 2.31. The lowest BCUT2D eigenvalue weighted by atomic mass is 10.1. The van der Waals surface area contributed by atoms with Gasteiger partial charge in [0.2, 0.25) is 12.7 Å². The molecule has 2 aromatic rings. The topological polar surface area (TPSA) is 57.1 Å². The molecule has 2 aliphatic rings. The highest BCUT2D eigenvalue weighted by Gasteiger charge is 2.24. The van der Waals surface area contributed by atoms with Gasteiger partial charge < -0.3 is 14.2 Å². The second-order valence-corrected chi connectivity index (χ2v) is 4.96. The molecule has 2 aromatic carbocycles. The number of aliphatic imine (C=N–C) groups is 1. The van der Waals surface area contributed by atoms with Crippen molar-refractivity contribution in [3.63, 3.8) is 0 Å². The van der Waals surface area contributed by atoms with E-state index in [1.54, 1.807) is 30.3 Å². The van der Waals surface area contributed by atoms with E-state index in [4.69, 9.17) is 14.2 Å². The molecule has 0 fully saturated rings. The second-order valence-electron chi connectivity index (χ2n) is 4.96. The number of carbonyl (C=O) groups is 1. The summed E-state index contributed by atoms with van der Waals surface area (Å²) in [5, 5.41) is 0. The minimum absolute atomic E-state index is 0.0847. The molecule has 0 radical (unpaired) electrons. The highest BCUT2D eigenvalue weighted by Crippen LogP contribution is 2.33. The number of fused-ring (bicyclic) bond motifs is 1. The van der Waals surface area contributed by atoms with Crippen molar-refractivity contribution in [3.8, 4) is 11.5 Å². The Bertz CT molecular complexity index is 873. The monoisotopic (exact) mass is 311 g/mol. The Morgan fingerprint density at radius 3 is 2.83 bits per heavy atom. The van der Waals surface area contributed by atoms with Crippen molar-refractivity contribution in [2.24, 2.45) is 4.99 Å². The number of nitrogens with zero attached hydrogens (tertiary/aromatic N) is 1. The average molecular weight is 311 g/mol. The van der Waals surface area contributed by atoms with Gasteiger partial charge in [0.1, 0.15) is 5.82 Å². The van der Waals surface area contributed by atoms with E-state index in [1.165, 1.54) is 18.2 Å². The van der Waals surface area contributed by atoms with E-state index in [0.29, 0.717) is 17.1 Å². The van der Waals surface area contributed by atoms with Crippen molar-refractivity contribution in [2.45, 2.75) is 0 Å². The maximum Gasteiger partial charge on any atom is 0.363 e. The highest BCUT2D eigenvalue weighted by atomic mass is 19.1. The molecule has 0 N–H and O–H groups in total. The van der Waals surface area contributed by atoms with E-state index in [0.717, 1.165) is 5.56 Å². The molecule has 4 rings (SSSR count). The number of esters is 1. The van der Waals surface area contributed by atoms with E-state index < -0.39 is 11.8 Å². The summed E-state index contributed by atoms with van der Waals surface area (Å²) in [4.78, 5) is 16.1. The molecule has 0 atom stereocenters. The smallest absolute Gasteiger partial charge is 0.363 e. The third kappa shape index (κ3) is 2.55. The molecule has 0 bridgehead atoms. The lowest BCUT2D eigenvalue weighted by Crippen LogP contribution is -2.05. The van der Waals surface area contributed by atoms with Gasteiger partial charge in [-0.05, 0) is 42.0 Å². The number of hydrogen-bond donors (Lipinski definition) is 0. The highest BCUT2D eigenvalue weighted by molar-refractivity contribution is 6.12. The van der Waals surface area contributed by atoms with Crippen LogP contribution >= 0.6 is 0 Å². The SMILES string of the molecule is O=C1OC(c2cccc(F)c2)=N/C1=C/c1ccc2c(c1)OCO2. The number of benzene rings is 2. The van der Waals surface area contributed by atoms with Gasteiger partial charge in [-0.2, -0.15) is 0 Å². The molecule has 2 aliphatic heterocycles. The molecule has 0 spiro atoms. The number of ether oxygens (including phenoxy) is 3. The number of rotatable bonds is 2. The van der Waals surface area contributed by atoms with Crippen LogP contribution in [0.15, 0.2) is 53.2 Å². The van der Waals surface area contributed by atoms with E-state index >= 15 is 0 Å². The fraction of sp³-hybridized carbons (Fsp3) is 0.0588. The summed E-state index contributed by atoms with van der Waals surface area (Å²) in [5.74, 6) is 0.350. The summed E-state index contributed by atoms with van der Waals surface area (Å²) in [7, 11) is 0. The van der Waals surface area contributed by atoms with Crippen LogP contribution in [-0.4, -0.2) is 18.7 Å². The molecule has 0 saturated heterocycles. The van der Waals surface area contributed by atoms with E-state index in [2.05, 4.69) is 4.99 Å². The van der Waals surface area contributed by atoms with Crippen LogP contribution in [0.1, 0.15) is 11.1 Å². The van der Waals surface area contributed by atoms with Crippen molar-refractivity contribution >= 4 is 17.9 Å². The standard InChI is InChI=1S/C17H10FNO4/c18-12-3-1-2-11(8-12)16-19-13(17(20)23-16)6-10-4-5-14-15(7-10)22-9-21-14/h1-8H,9H2/b13-6+. The third-order valence-corrected chi connectivity index (χ3v) is 3.39. The molecule has 114 valence electrons.